The van der Waals surface area contributed by atoms with Crippen LogP contribution >= 0.6 is 0 Å². The molecular formula is C15H20N2O3. The van der Waals surface area contributed by atoms with Gasteiger partial charge in [-0.15, -0.1) is 0 Å². The van der Waals surface area contributed by atoms with Crippen LogP contribution in [-0.4, -0.2) is 24.5 Å². The van der Waals surface area contributed by atoms with Crippen molar-refractivity contribution in [2.75, 3.05) is 11.9 Å². The number of benzene rings is 1. The predicted octanol–water partition coefficient (Wildman–Crippen LogP) is 2.07. The third-order valence-electron chi connectivity index (χ3n) is 3.42. The zero-order valence-corrected chi connectivity index (χ0v) is 11.4. The highest BCUT2D eigenvalue weighted by molar-refractivity contribution is 5.93. The van der Waals surface area contributed by atoms with Gasteiger partial charge in [0.15, 0.2) is 0 Å². The van der Waals surface area contributed by atoms with Crippen molar-refractivity contribution in [2.24, 2.45) is 5.73 Å². The van der Waals surface area contributed by atoms with Crippen LogP contribution in [0.2, 0.25) is 0 Å². The Balaban J connectivity index is 1.91. The van der Waals surface area contributed by atoms with Gasteiger partial charge in [0, 0.05) is 5.69 Å². The van der Waals surface area contributed by atoms with Gasteiger partial charge in [0.2, 0.25) is 5.91 Å². The molecule has 20 heavy (non-hydrogen) atoms. The molecule has 0 aliphatic heterocycles. The molecule has 1 aliphatic carbocycles. The molecule has 1 fully saturated rings. The number of esters is 1. The molecule has 1 aromatic rings. The first kappa shape index (κ1) is 14.5. The number of nitrogens with one attached hydrogen (secondary N) is 1. The van der Waals surface area contributed by atoms with Crippen molar-refractivity contribution >= 4 is 17.6 Å². The van der Waals surface area contributed by atoms with E-state index in [0.717, 1.165) is 25.7 Å². The van der Waals surface area contributed by atoms with Crippen LogP contribution in [-0.2, 0) is 9.53 Å². The molecule has 0 radical (unpaired) electrons. The summed E-state index contributed by atoms with van der Waals surface area (Å²) in [6, 6.07) is 6.64. The van der Waals surface area contributed by atoms with Crippen molar-refractivity contribution < 1.29 is 14.3 Å². The Morgan fingerprint density at radius 1 is 1.15 bits per heavy atom. The van der Waals surface area contributed by atoms with Gasteiger partial charge in [-0.05, 0) is 49.9 Å². The van der Waals surface area contributed by atoms with Crippen molar-refractivity contribution in [3.63, 3.8) is 0 Å². The standard InChI is InChI=1S/C15H20N2O3/c16-10-14(18)17-12-8-6-11(7-9-12)15(19)20-13-4-2-1-3-5-13/h6-9,13H,1-5,10,16H2,(H,17,18). The SMILES string of the molecule is NCC(=O)Nc1ccc(C(=O)OC2CCCCC2)cc1. The third kappa shape index (κ3) is 4.06. The summed E-state index contributed by atoms with van der Waals surface area (Å²) in [6.45, 7) is -0.0640. The van der Waals surface area contributed by atoms with Gasteiger partial charge in [-0.3, -0.25) is 4.79 Å². The summed E-state index contributed by atoms with van der Waals surface area (Å²) in [6.07, 6.45) is 5.44. The van der Waals surface area contributed by atoms with Gasteiger partial charge in [-0.2, -0.15) is 0 Å². The summed E-state index contributed by atoms with van der Waals surface area (Å²) in [5, 5.41) is 2.62. The number of carbonyl (C=O) groups excluding carboxylic acids is 2. The molecule has 0 unspecified atom stereocenters. The lowest BCUT2D eigenvalue weighted by molar-refractivity contribution is -0.114. The van der Waals surface area contributed by atoms with E-state index in [1.807, 2.05) is 0 Å². The van der Waals surface area contributed by atoms with Crippen LogP contribution in [0.4, 0.5) is 5.69 Å². The minimum absolute atomic E-state index is 0.0490. The summed E-state index contributed by atoms with van der Waals surface area (Å²) < 4.78 is 5.47. The molecule has 5 heteroatoms. The number of carbonyl (C=O) groups is 2. The second-order valence-electron chi connectivity index (χ2n) is 4.99. The van der Waals surface area contributed by atoms with E-state index in [4.69, 9.17) is 10.5 Å². The molecule has 0 saturated heterocycles. The van der Waals surface area contributed by atoms with E-state index in [1.165, 1.54) is 6.42 Å². The van der Waals surface area contributed by atoms with Crippen molar-refractivity contribution in [1.29, 1.82) is 0 Å². The normalized spacial score (nSPS) is 15.7. The van der Waals surface area contributed by atoms with E-state index in [-0.39, 0.29) is 24.5 Å². The quantitative estimate of drug-likeness (QED) is 0.825. The molecule has 108 valence electrons. The summed E-state index contributed by atoms with van der Waals surface area (Å²) in [5.74, 6) is -0.559. The maximum absolute atomic E-state index is 12.0. The number of amides is 1. The molecule has 1 amide bonds. The molecule has 0 heterocycles. The van der Waals surface area contributed by atoms with Gasteiger partial charge >= 0.3 is 5.97 Å². The Morgan fingerprint density at radius 3 is 2.40 bits per heavy atom. The average molecular weight is 276 g/mol. The smallest absolute Gasteiger partial charge is 0.338 e. The van der Waals surface area contributed by atoms with Gasteiger partial charge in [0.05, 0.1) is 12.1 Å². The third-order valence-corrected chi connectivity index (χ3v) is 3.42. The van der Waals surface area contributed by atoms with Gasteiger partial charge < -0.3 is 15.8 Å². The maximum atomic E-state index is 12.0. The van der Waals surface area contributed by atoms with E-state index >= 15 is 0 Å². The topological polar surface area (TPSA) is 81.4 Å². The molecule has 2 rings (SSSR count). The van der Waals surface area contributed by atoms with Crippen molar-refractivity contribution in [1.82, 2.24) is 0 Å². The molecule has 1 saturated carbocycles. The molecule has 5 nitrogen and oxygen atoms in total. The predicted molar refractivity (Wildman–Crippen MR) is 76.4 cm³/mol. The molecule has 0 bridgehead atoms. The van der Waals surface area contributed by atoms with Crippen molar-refractivity contribution in [3.05, 3.63) is 29.8 Å². The molecule has 0 atom stereocenters. The number of rotatable bonds is 4. The summed E-state index contributed by atoms with van der Waals surface area (Å²) in [5.41, 5.74) is 6.34. The fourth-order valence-electron chi connectivity index (χ4n) is 2.30. The fourth-order valence-corrected chi connectivity index (χ4v) is 2.30. The molecule has 0 spiro atoms. The van der Waals surface area contributed by atoms with E-state index in [1.54, 1.807) is 24.3 Å². The fraction of sp³-hybridized carbons (Fsp3) is 0.467. The Labute approximate surface area is 118 Å². The zero-order chi connectivity index (χ0) is 14.4. The van der Waals surface area contributed by atoms with Gasteiger partial charge in [-0.25, -0.2) is 4.79 Å². The second-order valence-corrected chi connectivity index (χ2v) is 4.99. The van der Waals surface area contributed by atoms with Crippen LogP contribution in [0, 0.1) is 0 Å². The van der Waals surface area contributed by atoms with Crippen LogP contribution in [0.3, 0.4) is 0 Å². The number of anilines is 1. The highest BCUT2D eigenvalue weighted by atomic mass is 16.5. The largest absolute Gasteiger partial charge is 0.459 e. The number of ether oxygens (including phenoxy) is 1. The van der Waals surface area contributed by atoms with E-state index in [0.29, 0.717) is 11.3 Å². The summed E-state index contributed by atoms with van der Waals surface area (Å²) in [4.78, 5) is 23.1. The zero-order valence-electron chi connectivity index (χ0n) is 11.4. The lowest BCUT2D eigenvalue weighted by Crippen LogP contribution is -2.22. The number of hydrogen-bond acceptors (Lipinski definition) is 4. The molecule has 1 aromatic carbocycles. The van der Waals surface area contributed by atoms with Crippen LogP contribution < -0.4 is 11.1 Å². The highest BCUT2D eigenvalue weighted by Crippen LogP contribution is 2.21. The van der Waals surface area contributed by atoms with Crippen LogP contribution in [0.15, 0.2) is 24.3 Å². The van der Waals surface area contributed by atoms with Crippen molar-refractivity contribution in [2.45, 2.75) is 38.2 Å². The Kier molecular flexibility index (Phi) is 5.12. The Bertz CT molecular complexity index is 465. The molecular weight excluding hydrogens is 256 g/mol. The van der Waals surface area contributed by atoms with E-state index in [2.05, 4.69) is 5.32 Å². The second kappa shape index (κ2) is 7.05. The Hall–Kier alpha value is -1.88. The summed E-state index contributed by atoms with van der Waals surface area (Å²) >= 11 is 0. The lowest BCUT2D eigenvalue weighted by atomic mass is 9.98. The first-order valence-corrected chi connectivity index (χ1v) is 7.00. The monoisotopic (exact) mass is 276 g/mol. The van der Waals surface area contributed by atoms with Gasteiger partial charge in [0.25, 0.3) is 0 Å². The first-order valence-electron chi connectivity index (χ1n) is 7.00. The van der Waals surface area contributed by atoms with Gasteiger partial charge in [0.1, 0.15) is 6.10 Å². The minimum atomic E-state index is -0.298. The molecule has 0 aromatic heterocycles. The van der Waals surface area contributed by atoms with Crippen molar-refractivity contribution in [3.8, 4) is 0 Å². The van der Waals surface area contributed by atoms with E-state index < -0.39 is 0 Å². The minimum Gasteiger partial charge on any atom is -0.459 e. The first-order chi connectivity index (χ1) is 9.69. The molecule has 1 aliphatic rings. The average Bonchev–Trinajstić information content (AvgIpc) is 2.49. The Morgan fingerprint density at radius 2 is 1.80 bits per heavy atom. The molecule has 3 N–H and O–H groups in total. The van der Waals surface area contributed by atoms with Crippen LogP contribution in [0.5, 0.6) is 0 Å². The van der Waals surface area contributed by atoms with Gasteiger partial charge in [-0.1, -0.05) is 6.42 Å². The van der Waals surface area contributed by atoms with E-state index in [9.17, 15) is 9.59 Å². The van der Waals surface area contributed by atoms with Crippen LogP contribution in [0.25, 0.3) is 0 Å². The van der Waals surface area contributed by atoms with Crippen LogP contribution in [0.1, 0.15) is 42.5 Å². The highest BCUT2D eigenvalue weighted by Gasteiger charge is 2.18. The lowest BCUT2D eigenvalue weighted by Gasteiger charge is -2.21. The number of nitrogens with two attached hydrogens (primary N) is 1. The maximum Gasteiger partial charge on any atom is 0.338 e. The number of hydrogen-bond donors (Lipinski definition) is 2. The summed E-state index contributed by atoms with van der Waals surface area (Å²) in [7, 11) is 0.